The van der Waals surface area contributed by atoms with Crippen LogP contribution < -0.4 is 5.32 Å². The quantitative estimate of drug-likeness (QED) is 0.731. The van der Waals surface area contributed by atoms with Gasteiger partial charge in [-0.25, -0.2) is 9.97 Å². The third-order valence-corrected chi connectivity index (χ3v) is 2.50. The van der Waals surface area contributed by atoms with Gasteiger partial charge in [-0.15, -0.1) is 0 Å². The zero-order chi connectivity index (χ0) is 13.1. The summed E-state index contributed by atoms with van der Waals surface area (Å²) in [6.45, 7) is 6.07. The lowest BCUT2D eigenvalue weighted by molar-refractivity contribution is 0.105. The highest BCUT2D eigenvalue weighted by molar-refractivity contribution is 9.10. The summed E-state index contributed by atoms with van der Waals surface area (Å²) in [5.41, 5.74) is -0.143. The molecule has 0 bridgehead atoms. The van der Waals surface area contributed by atoms with Crippen molar-refractivity contribution in [2.45, 2.75) is 32.3 Å². The smallest absolute Gasteiger partial charge is 0.137 e. The topological polar surface area (TPSA) is 78.3 Å². The first-order valence-corrected chi connectivity index (χ1v) is 6.20. The number of hydrogen-bond acceptors (Lipinski definition) is 5. The lowest BCUT2D eigenvalue weighted by atomic mass is 9.96. The molecule has 0 aliphatic carbocycles. The van der Waals surface area contributed by atoms with E-state index < -0.39 is 6.10 Å². The van der Waals surface area contributed by atoms with Crippen molar-refractivity contribution >= 4 is 21.7 Å². The Morgan fingerprint density at radius 2 is 2.06 bits per heavy atom. The molecule has 1 heterocycles. The molecule has 0 aromatic carbocycles. The minimum Gasteiger partial charge on any atom is -0.394 e. The van der Waals surface area contributed by atoms with E-state index in [1.54, 1.807) is 6.07 Å². The molecule has 0 saturated heterocycles. The van der Waals surface area contributed by atoms with Crippen molar-refractivity contribution in [3.8, 4) is 0 Å². The molecule has 0 radical (unpaired) electrons. The molecular formula is C11H18BrN3O2. The van der Waals surface area contributed by atoms with E-state index in [0.29, 0.717) is 16.2 Å². The Labute approximate surface area is 109 Å². The predicted molar refractivity (Wildman–Crippen MR) is 70.0 cm³/mol. The molecule has 17 heavy (non-hydrogen) atoms. The maximum atomic E-state index is 9.25. The first-order valence-electron chi connectivity index (χ1n) is 5.41. The largest absolute Gasteiger partial charge is 0.394 e. The minimum atomic E-state index is -0.790. The van der Waals surface area contributed by atoms with E-state index in [2.05, 4.69) is 31.2 Å². The second-order valence-corrected chi connectivity index (χ2v) is 5.68. The molecule has 1 unspecified atom stereocenters. The monoisotopic (exact) mass is 303 g/mol. The normalized spacial score (nSPS) is 13.5. The molecule has 5 nitrogen and oxygen atoms in total. The molecule has 0 saturated carbocycles. The molecule has 0 amide bonds. The molecule has 1 aromatic rings. The van der Waals surface area contributed by atoms with E-state index in [1.807, 2.05) is 20.8 Å². The standard InChI is InChI=1S/C11H18BrN3O2/c1-11(2,3)10-14-8(12)4-9(15-10)13-5-7(17)6-16/h4,7,16-17H,5-6H2,1-3H3,(H,13,14,15). The van der Waals surface area contributed by atoms with Gasteiger partial charge in [0.25, 0.3) is 0 Å². The molecule has 0 aliphatic heterocycles. The van der Waals surface area contributed by atoms with Crippen LogP contribution in [0.4, 0.5) is 5.82 Å². The maximum Gasteiger partial charge on any atom is 0.137 e. The second-order valence-electron chi connectivity index (χ2n) is 4.87. The van der Waals surface area contributed by atoms with Crippen LogP contribution in [0, 0.1) is 0 Å². The van der Waals surface area contributed by atoms with Crippen LogP contribution in [0.25, 0.3) is 0 Å². The fourth-order valence-corrected chi connectivity index (χ4v) is 1.52. The molecule has 0 aliphatic rings. The van der Waals surface area contributed by atoms with Crippen LogP contribution in [0.2, 0.25) is 0 Å². The predicted octanol–water partition coefficient (Wildman–Crippen LogP) is 1.30. The van der Waals surface area contributed by atoms with Gasteiger partial charge in [0.15, 0.2) is 0 Å². The molecule has 1 atom stereocenters. The van der Waals surface area contributed by atoms with Crippen molar-refractivity contribution in [2.24, 2.45) is 0 Å². The van der Waals surface area contributed by atoms with E-state index in [1.165, 1.54) is 0 Å². The number of nitrogens with zero attached hydrogens (tertiary/aromatic N) is 2. The summed E-state index contributed by atoms with van der Waals surface area (Å²) in [5, 5.41) is 20.9. The Balaban J connectivity index is 2.83. The van der Waals surface area contributed by atoms with Crippen LogP contribution in [-0.4, -0.2) is 39.4 Å². The van der Waals surface area contributed by atoms with Crippen LogP contribution >= 0.6 is 15.9 Å². The lowest BCUT2D eigenvalue weighted by Gasteiger charge is -2.18. The van der Waals surface area contributed by atoms with E-state index in [-0.39, 0.29) is 18.6 Å². The van der Waals surface area contributed by atoms with E-state index >= 15 is 0 Å². The van der Waals surface area contributed by atoms with E-state index in [9.17, 15) is 5.11 Å². The molecular weight excluding hydrogens is 286 g/mol. The Hall–Kier alpha value is -0.720. The van der Waals surface area contributed by atoms with Gasteiger partial charge < -0.3 is 15.5 Å². The summed E-state index contributed by atoms with van der Waals surface area (Å²) in [5.74, 6) is 1.34. The molecule has 0 fully saturated rings. The highest BCUT2D eigenvalue weighted by atomic mass is 79.9. The molecule has 0 spiro atoms. The van der Waals surface area contributed by atoms with Gasteiger partial charge in [-0.1, -0.05) is 20.8 Å². The van der Waals surface area contributed by atoms with Crippen LogP contribution in [0.5, 0.6) is 0 Å². The van der Waals surface area contributed by atoms with Gasteiger partial charge in [0.05, 0.1) is 12.7 Å². The average Bonchev–Trinajstić information content (AvgIpc) is 2.24. The summed E-state index contributed by atoms with van der Waals surface area (Å²) in [7, 11) is 0. The van der Waals surface area contributed by atoms with Crippen LogP contribution in [0.3, 0.4) is 0 Å². The number of anilines is 1. The van der Waals surface area contributed by atoms with Crippen molar-refractivity contribution in [3.05, 3.63) is 16.5 Å². The van der Waals surface area contributed by atoms with Gasteiger partial charge in [-0.2, -0.15) is 0 Å². The summed E-state index contributed by atoms with van der Waals surface area (Å²) >= 11 is 3.33. The number of halogens is 1. The fraction of sp³-hybridized carbons (Fsp3) is 0.636. The summed E-state index contributed by atoms with van der Waals surface area (Å²) in [6, 6.07) is 1.74. The van der Waals surface area contributed by atoms with Gasteiger partial charge >= 0.3 is 0 Å². The van der Waals surface area contributed by atoms with Gasteiger partial charge in [0.2, 0.25) is 0 Å². The molecule has 3 N–H and O–H groups in total. The Bertz CT molecular complexity index is 379. The maximum absolute atomic E-state index is 9.25. The SMILES string of the molecule is CC(C)(C)c1nc(Br)cc(NCC(O)CO)n1. The Morgan fingerprint density at radius 3 is 2.59 bits per heavy atom. The van der Waals surface area contributed by atoms with Gasteiger partial charge in [0, 0.05) is 18.0 Å². The average molecular weight is 304 g/mol. The van der Waals surface area contributed by atoms with Crippen LogP contribution in [-0.2, 0) is 5.41 Å². The molecule has 1 aromatic heterocycles. The lowest BCUT2D eigenvalue weighted by Crippen LogP contribution is -2.24. The van der Waals surface area contributed by atoms with Crippen molar-refractivity contribution in [3.63, 3.8) is 0 Å². The first kappa shape index (κ1) is 14.3. The zero-order valence-electron chi connectivity index (χ0n) is 10.2. The molecule has 6 heteroatoms. The third-order valence-electron chi connectivity index (χ3n) is 2.10. The fourth-order valence-electron chi connectivity index (χ4n) is 1.13. The number of nitrogens with one attached hydrogen (secondary N) is 1. The molecule has 96 valence electrons. The number of aliphatic hydroxyl groups excluding tert-OH is 2. The number of rotatable bonds is 4. The molecule has 1 rings (SSSR count). The van der Waals surface area contributed by atoms with Crippen molar-refractivity contribution in [1.29, 1.82) is 0 Å². The van der Waals surface area contributed by atoms with Gasteiger partial charge in [0.1, 0.15) is 16.2 Å². The highest BCUT2D eigenvalue weighted by Gasteiger charge is 2.18. The van der Waals surface area contributed by atoms with Gasteiger partial charge in [-0.05, 0) is 15.9 Å². The summed E-state index contributed by atoms with van der Waals surface area (Å²) in [6.07, 6.45) is -0.790. The minimum absolute atomic E-state index is 0.143. The first-order chi connectivity index (χ1) is 7.82. The highest BCUT2D eigenvalue weighted by Crippen LogP contribution is 2.22. The van der Waals surface area contributed by atoms with E-state index in [0.717, 1.165) is 0 Å². The Kier molecular flexibility index (Phi) is 4.85. The van der Waals surface area contributed by atoms with E-state index in [4.69, 9.17) is 5.11 Å². The second kappa shape index (κ2) is 5.75. The number of aromatic nitrogens is 2. The summed E-state index contributed by atoms with van der Waals surface area (Å²) in [4.78, 5) is 8.67. The third kappa shape index (κ3) is 4.57. The van der Waals surface area contributed by atoms with Crippen molar-refractivity contribution < 1.29 is 10.2 Å². The summed E-state index contributed by atoms with van der Waals surface area (Å²) < 4.78 is 0.693. The zero-order valence-corrected chi connectivity index (χ0v) is 11.8. The van der Waals surface area contributed by atoms with Crippen LogP contribution in [0.15, 0.2) is 10.7 Å². The van der Waals surface area contributed by atoms with Gasteiger partial charge in [-0.3, -0.25) is 0 Å². The number of hydrogen-bond donors (Lipinski definition) is 3. The van der Waals surface area contributed by atoms with Crippen molar-refractivity contribution in [1.82, 2.24) is 9.97 Å². The Morgan fingerprint density at radius 1 is 1.41 bits per heavy atom. The van der Waals surface area contributed by atoms with Crippen molar-refractivity contribution in [2.75, 3.05) is 18.5 Å². The number of aliphatic hydroxyl groups is 2. The van der Waals surface area contributed by atoms with Crippen LogP contribution in [0.1, 0.15) is 26.6 Å².